The van der Waals surface area contributed by atoms with E-state index in [2.05, 4.69) is 229 Å². The molecule has 0 aliphatic rings. The molecule has 2 heteroatoms. The quantitative estimate of drug-likeness (QED) is 0.157. The molecule has 0 N–H and O–H groups in total. The molecule has 58 heavy (non-hydrogen) atoms. The SMILES string of the molecule is c1ccc(-c2ccc(N(c3ccc(-c4ccc5c(c4)sc4cc6ccccc6cc45)cc3)c3ccc(-c4cccc5ccccc45)c(-c4ccccc4)c3)cc2)cc1. The first kappa shape index (κ1) is 34.0. The number of thiophene rings is 1. The van der Waals surface area contributed by atoms with Gasteiger partial charge >= 0.3 is 0 Å². The maximum atomic E-state index is 2.39. The van der Waals surface area contributed by atoms with E-state index in [1.807, 2.05) is 11.3 Å². The van der Waals surface area contributed by atoms with Gasteiger partial charge in [0.1, 0.15) is 0 Å². The first-order valence-electron chi connectivity index (χ1n) is 19.8. The minimum atomic E-state index is 1.10. The normalized spacial score (nSPS) is 11.4. The monoisotopic (exact) mass is 755 g/mol. The van der Waals surface area contributed by atoms with Crippen molar-refractivity contribution in [1.82, 2.24) is 0 Å². The average Bonchev–Trinajstić information content (AvgIpc) is 3.65. The summed E-state index contributed by atoms with van der Waals surface area (Å²) in [6.45, 7) is 0. The highest BCUT2D eigenvalue weighted by atomic mass is 32.1. The molecule has 1 aromatic heterocycles. The zero-order chi connectivity index (χ0) is 38.4. The van der Waals surface area contributed by atoms with E-state index in [9.17, 15) is 0 Å². The number of benzene rings is 10. The van der Waals surface area contributed by atoms with Gasteiger partial charge in [-0.25, -0.2) is 0 Å². The summed E-state index contributed by atoms with van der Waals surface area (Å²) in [5, 5.41) is 7.71. The van der Waals surface area contributed by atoms with Gasteiger partial charge in [0.25, 0.3) is 0 Å². The molecule has 0 aliphatic carbocycles. The van der Waals surface area contributed by atoms with E-state index >= 15 is 0 Å². The Kier molecular flexibility index (Phi) is 8.42. The number of nitrogens with zero attached hydrogens (tertiary/aromatic N) is 1. The van der Waals surface area contributed by atoms with Crippen LogP contribution in [0.4, 0.5) is 17.1 Å². The molecular weight excluding hydrogens is 719 g/mol. The summed E-state index contributed by atoms with van der Waals surface area (Å²) in [7, 11) is 0. The van der Waals surface area contributed by atoms with Crippen LogP contribution in [-0.2, 0) is 0 Å². The molecule has 10 aromatic carbocycles. The second-order valence-electron chi connectivity index (χ2n) is 14.9. The number of rotatable bonds is 7. The van der Waals surface area contributed by atoms with Gasteiger partial charge < -0.3 is 4.90 Å². The van der Waals surface area contributed by atoms with Crippen LogP contribution in [0.25, 0.3) is 86.2 Å². The molecule has 0 saturated carbocycles. The minimum Gasteiger partial charge on any atom is -0.310 e. The third-order valence-electron chi connectivity index (χ3n) is 11.5. The summed E-state index contributed by atoms with van der Waals surface area (Å²) < 4.78 is 2.64. The predicted molar refractivity (Wildman–Crippen MR) is 251 cm³/mol. The van der Waals surface area contributed by atoms with E-state index in [1.165, 1.54) is 86.2 Å². The van der Waals surface area contributed by atoms with Crippen LogP contribution in [0.15, 0.2) is 224 Å². The Labute approximate surface area is 342 Å². The second kappa shape index (κ2) is 14.4. The molecule has 0 atom stereocenters. The summed E-state index contributed by atoms with van der Waals surface area (Å²) in [4.78, 5) is 2.39. The lowest BCUT2D eigenvalue weighted by Crippen LogP contribution is -2.10. The largest absolute Gasteiger partial charge is 0.310 e. The third-order valence-corrected chi connectivity index (χ3v) is 12.6. The molecular formula is C56H37NS. The van der Waals surface area contributed by atoms with Crippen molar-refractivity contribution in [2.75, 3.05) is 4.90 Å². The third kappa shape index (κ3) is 6.12. The van der Waals surface area contributed by atoms with Gasteiger partial charge in [-0.05, 0) is 121 Å². The Morgan fingerprint density at radius 1 is 0.259 bits per heavy atom. The smallest absolute Gasteiger partial charge is 0.0468 e. The van der Waals surface area contributed by atoms with E-state index in [-0.39, 0.29) is 0 Å². The molecule has 11 aromatic rings. The zero-order valence-electron chi connectivity index (χ0n) is 31.7. The molecule has 0 bridgehead atoms. The lowest BCUT2D eigenvalue weighted by molar-refractivity contribution is 1.28. The van der Waals surface area contributed by atoms with Crippen LogP contribution in [-0.4, -0.2) is 0 Å². The van der Waals surface area contributed by atoms with Crippen molar-refractivity contribution in [3.05, 3.63) is 224 Å². The molecule has 0 unspecified atom stereocenters. The number of anilines is 3. The van der Waals surface area contributed by atoms with Crippen molar-refractivity contribution in [2.24, 2.45) is 0 Å². The van der Waals surface area contributed by atoms with Crippen molar-refractivity contribution >= 4 is 70.1 Å². The van der Waals surface area contributed by atoms with Gasteiger partial charge in [0, 0.05) is 37.2 Å². The van der Waals surface area contributed by atoms with Crippen LogP contribution in [0.1, 0.15) is 0 Å². The molecule has 1 heterocycles. The van der Waals surface area contributed by atoms with Gasteiger partial charge in [0.15, 0.2) is 0 Å². The minimum absolute atomic E-state index is 1.10. The number of fused-ring (bicyclic) bond motifs is 5. The molecule has 1 nitrogen and oxygen atoms in total. The lowest BCUT2D eigenvalue weighted by atomic mass is 9.90. The summed E-state index contributed by atoms with van der Waals surface area (Å²) in [5.74, 6) is 0. The molecule has 11 rings (SSSR count). The van der Waals surface area contributed by atoms with Crippen LogP contribution in [0.2, 0.25) is 0 Å². The van der Waals surface area contributed by atoms with E-state index in [0.29, 0.717) is 0 Å². The van der Waals surface area contributed by atoms with Crippen molar-refractivity contribution in [2.45, 2.75) is 0 Å². The number of hydrogen-bond donors (Lipinski definition) is 0. The Balaban J connectivity index is 1.03. The van der Waals surface area contributed by atoms with Gasteiger partial charge in [-0.2, -0.15) is 0 Å². The highest BCUT2D eigenvalue weighted by Crippen LogP contribution is 2.44. The lowest BCUT2D eigenvalue weighted by Gasteiger charge is -2.27. The van der Waals surface area contributed by atoms with Gasteiger partial charge in [-0.15, -0.1) is 11.3 Å². The van der Waals surface area contributed by atoms with Crippen molar-refractivity contribution in [1.29, 1.82) is 0 Å². The van der Waals surface area contributed by atoms with Crippen molar-refractivity contribution < 1.29 is 0 Å². The van der Waals surface area contributed by atoms with Gasteiger partial charge in [-0.1, -0.05) is 170 Å². The average molecular weight is 756 g/mol. The van der Waals surface area contributed by atoms with Crippen LogP contribution in [0.5, 0.6) is 0 Å². The van der Waals surface area contributed by atoms with Crippen molar-refractivity contribution in [3.8, 4) is 44.5 Å². The molecule has 0 spiro atoms. The van der Waals surface area contributed by atoms with E-state index in [4.69, 9.17) is 0 Å². The van der Waals surface area contributed by atoms with Crippen LogP contribution in [0.3, 0.4) is 0 Å². The van der Waals surface area contributed by atoms with E-state index < -0.39 is 0 Å². The molecule has 0 amide bonds. The van der Waals surface area contributed by atoms with Gasteiger partial charge in [0.2, 0.25) is 0 Å². The predicted octanol–water partition coefficient (Wildman–Crippen LogP) is 16.5. The molecule has 272 valence electrons. The fraction of sp³-hybridized carbons (Fsp3) is 0. The highest BCUT2D eigenvalue weighted by molar-refractivity contribution is 7.25. The summed E-state index contributed by atoms with van der Waals surface area (Å²) in [6, 6.07) is 81.9. The number of hydrogen-bond acceptors (Lipinski definition) is 2. The standard InChI is InChI=1S/C56H37NS/c1-3-12-38(13-4-1)39-22-27-46(28-23-39)57(48-31-33-51(53(37-48)42-14-5-2-6-15-42)50-21-11-19-41-16-9-10-20-49(41)50)47-29-24-40(25-30-47)45-26-32-52-54-34-43-17-7-8-18-44(43)35-56(54)58-55(52)36-45/h1-37H. The Morgan fingerprint density at radius 2 is 0.793 bits per heavy atom. The molecule has 0 radical (unpaired) electrons. The molecule has 0 saturated heterocycles. The molecule has 0 fully saturated rings. The first-order chi connectivity index (χ1) is 28.7. The van der Waals surface area contributed by atoms with E-state index in [1.54, 1.807) is 0 Å². The Morgan fingerprint density at radius 3 is 1.52 bits per heavy atom. The summed E-state index contributed by atoms with van der Waals surface area (Å²) in [5.41, 5.74) is 13.0. The van der Waals surface area contributed by atoms with Crippen molar-refractivity contribution in [3.63, 3.8) is 0 Å². The van der Waals surface area contributed by atoms with Gasteiger partial charge in [-0.3, -0.25) is 0 Å². The maximum absolute atomic E-state index is 2.39. The first-order valence-corrected chi connectivity index (χ1v) is 20.6. The topological polar surface area (TPSA) is 3.24 Å². The fourth-order valence-corrected chi connectivity index (χ4v) is 9.72. The van der Waals surface area contributed by atoms with Crippen LogP contribution in [0, 0.1) is 0 Å². The van der Waals surface area contributed by atoms with Crippen LogP contribution >= 0.6 is 11.3 Å². The summed E-state index contributed by atoms with van der Waals surface area (Å²) in [6.07, 6.45) is 0. The molecule has 0 aliphatic heterocycles. The Hall–Kier alpha value is -7.26. The second-order valence-corrected chi connectivity index (χ2v) is 16.0. The summed E-state index contributed by atoms with van der Waals surface area (Å²) >= 11 is 1.88. The van der Waals surface area contributed by atoms with E-state index in [0.717, 1.165) is 17.1 Å². The Bertz CT molecular complexity index is 3250. The maximum Gasteiger partial charge on any atom is 0.0468 e. The van der Waals surface area contributed by atoms with Gasteiger partial charge in [0.05, 0.1) is 0 Å². The highest BCUT2D eigenvalue weighted by Gasteiger charge is 2.18. The zero-order valence-corrected chi connectivity index (χ0v) is 32.5. The fourth-order valence-electron chi connectivity index (χ4n) is 8.55. The van der Waals surface area contributed by atoms with Crippen LogP contribution < -0.4 is 4.90 Å².